The number of hydrogen-bond donors (Lipinski definition) is 2. The Morgan fingerprint density at radius 3 is 2.73 bits per heavy atom. The highest BCUT2D eigenvalue weighted by Gasteiger charge is 2.13. The lowest BCUT2D eigenvalue weighted by molar-refractivity contribution is -0.117. The Balaban J connectivity index is 2.72. The monoisotopic (exact) mass is 328 g/mol. The Bertz CT molecular complexity index is 495. The number of nitrogens with one attached hydrogen (secondary N) is 1. The van der Waals surface area contributed by atoms with Gasteiger partial charge < -0.3 is 15.2 Å². The van der Waals surface area contributed by atoms with E-state index in [-0.39, 0.29) is 19.1 Å². The van der Waals surface area contributed by atoms with Crippen molar-refractivity contribution in [3.05, 3.63) is 22.7 Å². The summed E-state index contributed by atoms with van der Waals surface area (Å²) >= 11 is 6.06. The van der Waals surface area contributed by atoms with Crippen LogP contribution in [-0.4, -0.2) is 49.3 Å². The molecule has 0 saturated heterocycles. The lowest BCUT2D eigenvalue weighted by Gasteiger charge is -2.21. The first-order chi connectivity index (χ1) is 10.5. The van der Waals surface area contributed by atoms with Crippen molar-refractivity contribution in [1.82, 2.24) is 4.90 Å². The summed E-state index contributed by atoms with van der Waals surface area (Å²) in [5.41, 5.74) is 1.48. The third-order valence-corrected chi connectivity index (χ3v) is 3.77. The molecule has 0 atom stereocenters. The average Bonchev–Trinajstić information content (AvgIpc) is 2.48. The first-order valence-electron chi connectivity index (χ1n) is 7.49. The maximum absolute atomic E-state index is 12.2. The van der Waals surface area contributed by atoms with Gasteiger partial charge in [0.15, 0.2) is 0 Å². The zero-order chi connectivity index (χ0) is 16.5. The molecule has 6 heteroatoms. The van der Waals surface area contributed by atoms with E-state index in [9.17, 15) is 4.79 Å². The zero-order valence-corrected chi connectivity index (χ0v) is 14.2. The van der Waals surface area contributed by atoms with E-state index in [2.05, 4.69) is 12.2 Å². The molecule has 0 saturated carbocycles. The lowest BCUT2D eigenvalue weighted by atomic mass is 10.2. The van der Waals surface area contributed by atoms with E-state index in [1.165, 1.54) is 7.11 Å². The Hall–Kier alpha value is -1.30. The van der Waals surface area contributed by atoms with E-state index in [0.717, 1.165) is 24.9 Å². The SMILES string of the molecule is CCCCN(CCO)CC(=O)Nc1cc(C)c(Cl)cc1OC. The van der Waals surface area contributed by atoms with Crippen LogP contribution in [0.4, 0.5) is 5.69 Å². The fourth-order valence-electron chi connectivity index (χ4n) is 2.12. The summed E-state index contributed by atoms with van der Waals surface area (Å²) in [6, 6.07) is 3.48. The van der Waals surface area contributed by atoms with Gasteiger partial charge >= 0.3 is 0 Å². The molecule has 0 aliphatic rings. The number of hydrogen-bond acceptors (Lipinski definition) is 4. The molecule has 1 aromatic rings. The van der Waals surface area contributed by atoms with Gasteiger partial charge in [-0.3, -0.25) is 9.69 Å². The molecular formula is C16H25ClN2O3. The number of methoxy groups -OCH3 is 1. The highest BCUT2D eigenvalue weighted by molar-refractivity contribution is 6.31. The summed E-state index contributed by atoms with van der Waals surface area (Å²) < 4.78 is 5.25. The molecule has 0 unspecified atom stereocenters. The number of amides is 1. The van der Waals surface area contributed by atoms with Gasteiger partial charge in [0.25, 0.3) is 0 Å². The summed E-state index contributed by atoms with van der Waals surface area (Å²) in [4.78, 5) is 14.1. The molecule has 5 nitrogen and oxygen atoms in total. The third-order valence-electron chi connectivity index (χ3n) is 3.37. The molecule has 0 aromatic heterocycles. The summed E-state index contributed by atoms with van der Waals surface area (Å²) in [6.07, 6.45) is 2.05. The van der Waals surface area contributed by atoms with Crippen molar-refractivity contribution >= 4 is 23.2 Å². The van der Waals surface area contributed by atoms with Gasteiger partial charge in [-0.15, -0.1) is 0 Å². The maximum atomic E-state index is 12.2. The quantitative estimate of drug-likeness (QED) is 0.731. The molecule has 124 valence electrons. The van der Waals surface area contributed by atoms with Gasteiger partial charge in [-0.2, -0.15) is 0 Å². The molecule has 1 rings (SSSR count). The standard InChI is InChI=1S/C16H25ClN2O3/c1-4-5-6-19(7-8-20)11-16(21)18-14-9-12(2)13(17)10-15(14)22-3/h9-10,20H,4-8,11H2,1-3H3,(H,18,21). The number of unbranched alkanes of at least 4 members (excludes halogenated alkanes) is 1. The van der Waals surface area contributed by atoms with Crippen molar-refractivity contribution in [3.63, 3.8) is 0 Å². The van der Waals surface area contributed by atoms with Gasteiger partial charge in [0.05, 0.1) is 25.9 Å². The predicted molar refractivity (Wildman–Crippen MR) is 89.8 cm³/mol. The fraction of sp³-hybridized carbons (Fsp3) is 0.562. The van der Waals surface area contributed by atoms with Crippen LogP contribution >= 0.6 is 11.6 Å². The van der Waals surface area contributed by atoms with Gasteiger partial charge in [0.1, 0.15) is 5.75 Å². The molecule has 0 aliphatic heterocycles. The second-order valence-corrected chi connectivity index (χ2v) is 5.61. The molecule has 0 radical (unpaired) electrons. The number of benzene rings is 1. The molecule has 2 N–H and O–H groups in total. The molecule has 22 heavy (non-hydrogen) atoms. The van der Waals surface area contributed by atoms with Crippen molar-refractivity contribution in [1.29, 1.82) is 0 Å². The second-order valence-electron chi connectivity index (χ2n) is 5.20. The van der Waals surface area contributed by atoms with E-state index in [0.29, 0.717) is 23.0 Å². The number of carbonyl (C=O) groups is 1. The fourth-order valence-corrected chi connectivity index (χ4v) is 2.27. The van der Waals surface area contributed by atoms with Crippen LogP contribution in [0, 0.1) is 6.92 Å². The van der Waals surface area contributed by atoms with Crippen LogP contribution in [0.2, 0.25) is 5.02 Å². The van der Waals surface area contributed by atoms with Gasteiger partial charge in [0, 0.05) is 17.6 Å². The Labute approximate surface area is 137 Å². The highest BCUT2D eigenvalue weighted by atomic mass is 35.5. The Morgan fingerprint density at radius 1 is 1.41 bits per heavy atom. The van der Waals surface area contributed by atoms with E-state index < -0.39 is 0 Å². The minimum Gasteiger partial charge on any atom is -0.495 e. The Kier molecular flexibility index (Phi) is 8.24. The molecule has 0 bridgehead atoms. The molecule has 0 aliphatic carbocycles. The van der Waals surface area contributed by atoms with Crippen LogP contribution in [-0.2, 0) is 4.79 Å². The molecule has 0 heterocycles. The summed E-state index contributed by atoms with van der Waals surface area (Å²) in [6.45, 7) is 5.53. The van der Waals surface area contributed by atoms with Crippen LogP contribution in [0.15, 0.2) is 12.1 Å². The number of rotatable bonds is 9. The maximum Gasteiger partial charge on any atom is 0.238 e. The van der Waals surface area contributed by atoms with Crippen LogP contribution in [0.25, 0.3) is 0 Å². The second kappa shape index (κ2) is 9.66. The van der Waals surface area contributed by atoms with Gasteiger partial charge in [0.2, 0.25) is 5.91 Å². The third kappa shape index (κ3) is 5.83. The van der Waals surface area contributed by atoms with Crippen LogP contribution in [0.3, 0.4) is 0 Å². The lowest BCUT2D eigenvalue weighted by Crippen LogP contribution is -2.36. The van der Waals surface area contributed by atoms with Gasteiger partial charge in [-0.1, -0.05) is 24.9 Å². The number of aliphatic hydroxyl groups excluding tert-OH is 1. The van der Waals surface area contributed by atoms with Crippen molar-refractivity contribution < 1.29 is 14.6 Å². The smallest absolute Gasteiger partial charge is 0.238 e. The summed E-state index contributed by atoms with van der Waals surface area (Å²) in [7, 11) is 1.54. The van der Waals surface area contributed by atoms with Crippen LogP contribution in [0.1, 0.15) is 25.3 Å². The minimum absolute atomic E-state index is 0.0420. The van der Waals surface area contributed by atoms with Gasteiger partial charge in [-0.25, -0.2) is 0 Å². The van der Waals surface area contributed by atoms with E-state index >= 15 is 0 Å². The number of ether oxygens (including phenoxy) is 1. The van der Waals surface area contributed by atoms with E-state index in [1.54, 1.807) is 12.1 Å². The summed E-state index contributed by atoms with van der Waals surface area (Å²) in [5, 5.41) is 12.5. The molecular weight excluding hydrogens is 304 g/mol. The van der Waals surface area contributed by atoms with E-state index in [4.69, 9.17) is 21.4 Å². The van der Waals surface area contributed by atoms with Crippen molar-refractivity contribution in [3.8, 4) is 5.75 Å². The van der Waals surface area contributed by atoms with Crippen LogP contribution in [0.5, 0.6) is 5.75 Å². The molecule has 1 amide bonds. The largest absolute Gasteiger partial charge is 0.495 e. The molecule has 0 fully saturated rings. The first-order valence-corrected chi connectivity index (χ1v) is 7.86. The average molecular weight is 329 g/mol. The van der Waals surface area contributed by atoms with E-state index in [1.807, 2.05) is 11.8 Å². The zero-order valence-electron chi connectivity index (χ0n) is 13.5. The summed E-state index contributed by atoms with van der Waals surface area (Å²) in [5.74, 6) is 0.399. The minimum atomic E-state index is -0.135. The number of nitrogens with zero attached hydrogens (tertiary/aromatic N) is 1. The topological polar surface area (TPSA) is 61.8 Å². The van der Waals surface area contributed by atoms with Crippen LogP contribution < -0.4 is 10.1 Å². The number of aliphatic hydroxyl groups is 1. The van der Waals surface area contributed by atoms with Crippen molar-refractivity contribution in [2.24, 2.45) is 0 Å². The molecule has 0 spiro atoms. The van der Waals surface area contributed by atoms with Gasteiger partial charge in [-0.05, 0) is 31.5 Å². The normalized spacial score (nSPS) is 10.8. The number of anilines is 1. The predicted octanol–water partition coefficient (Wildman–Crippen LogP) is 2.69. The Morgan fingerprint density at radius 2 is 2.14 bits per heavy atom. The molecule has 1 aromatic carbocycles. The van der Waals surface area contributed by atoms with Crippen molar-refractivity contribution in [2.75, 3.05) is 38.7 Å². The first kappa shape index (κ1) is 18.7. The number of carbonyl (C=O) groups excluding carboxylic acids is 1. The number of halogens is 1. The number of aryl methyl sites for hydroxylation is 1. The van der Waals surface area contributed by atoms with Crippen molar-refractivity contribution in [2.45, 2.75) is 26.7 Å². The highest BCUT2D eigenvalue weighted by Crippen LogP contribution is 2.30.